The molecule has 80 valence electrons. The molecule has 14 heavy (non-hydrogen) atoms. The zero-order valence-corrected chi connectivity index (χ0v) is 10.4. The Bertz CT molecular complexity index is 230. The molecule has 0 aromatic carbocycles. The highest BCUT2D eigenvalue weighted by molar-refractivity contribution is 9.12. The maximum Gasteiger partial charge on any atom is 0.307 e. The predicted octanol–water partition coefficient (Wildman–Crippen LogP) is 1.71. The first-order chi connectivity index (χ1) is 6.43. The Morgan fingerprint density at radius 2 is 1.21 bits per heavy atom. The van der Waals surface area contributed by atoms with Crippen molar-refractivity contribution in [3.8, 4) is 0 Å². The molecule has 1 rings (SSSR count). The summed E-state index contributed by atoms with van der Waals surface area (Å²) in [4.78, 5) is 21.7. The number of carboxylic acids is 2. The molecule has 4 nitrogen and oxygen atoms in total. The molecule has 0 unspecified atom stereocenters. The number of rotatable bonds is 2. The van der Waals surface area contributed by atoms with Gasteiger partial charge in [-0.05, 0) is 12.8 Å². The van der Waals surface area contributed by atoms with Gasteiger partial charge in [-0.15, -0.1) is 0 Å². The standard InChI is InChI=1S/C8H10Br2O4/c9-5-1-3(7(11)12)4(8(13)14)2-6(5)10/h3-6H,1-2H2,(H,11,12)(H,13,14)/t3-,4+,5-,6-/m0/s1. The third-order valence-corrected chi connectivity index (χ3v) is 5.20. The SMILES string of the molecule is O=C(O)[C@H]1C[C@H](Br)[C@@H](Br)C[C@H]1C(=O)O. The minimum atomic E-state index is -1.03. The van der Waals surface area contributed by atoms with Crippen LogP contribution in [0.15, 0.2) is 0 Å². The van der Waals surface area contributed by atoms with Crippen LogP contribution in [0.1, 0.15) is 12.8 Å². The molecule has 0 heterocycles. The van der Waals surface area contributed by atoms with E-state index in [9.17, 15) is 9.59 Å². The molecule has 1 aliphatic rings. The Morgan fingerprint density at radius 3 is 1.43 bits per heavy atom. The van der Waals surface area contributed by atoms with Gasteiger partial charge in [-0.1, -0.05) is 31.9 Å². The lowest BCUT2D eigenvalue weighted by Gasteiger charge is -2.32. The van der Waals surface area contributed by atoms with Gasteiger partial charge >= 0.3 is 11.9 Å². The van der Waals surface area contributed by atoms with E-state index in [2.05, 4.69) is 31.9 Å². The number of alkyl halides is 2. The van der Waals surface area contributed by atoms with Gasteiger partial charge in [0, 0.05) is 9.65 Å². The molecule has 0 saturated heterocycles. The molecule has 2 N–H and O–H groups in total. The van der Waals surface area contributed by atoms with Crippen molar-refractivity contribution < 1.29 is 19.8 Å². The highest BCUT2D eigenvalue weighted by Crippen LogP contribution is 2.37. The predicted molar refractivity (Wildman–Crippen MR) is 56.9 cm³/mol. The Hall–Kier alpha value is -0.100. The summed E-state index contributed by atoms with van der Waals surface area (Å²) < 4.78 is 0. The molecular formula is C8H10Br2O4. The summed E-state index contributed by atoms with van der Waals surface area (Å²) in [6.07, 6.45) is 0.699. The van der Waals surface area contributed by atoms with E-state index in [1.54, 1.807) is 0 Å². The molecule has 0 aromatic rings. The van der Waals surface area contributed by atoms with Crippen molar-refractivity contribution in [1.82, 2.24) is 0 Å². The van der Waals surface area contributed by atoms with Gasteiger partial charge in [0.15, 0.2) is 0 Å². The number of halogens is 2. The first kappa shape index (κ1) is 12.0. The Morgan fingerprint density at radius 1 is 0.929 bits per heavy atom. The summed E-state index contributed by atoms with van der Waals surface area (Å²) in [6, 6.07) is 0. The van der Waals surface area contributed by atoms with Crippen molar-refractivity contribution in [2.75, 3.05) is 0 Å². The van der Waals surface area contributed by atoms with Crippen LogP contribution in [0.4, 0.5) is 0 Å². The van der Waals surface area contributed by atoms with Crippen molar-refractivity contribution in [2.45, 2.75) is 22.5 Å². The van der Waals surface area contributed by atoms with E-state index in [-0.39, 0.29) is 9.65 Å². The van der Waals surface area contributed by atoms with E-state index in [0.717, 1.165) is 0 Å². The van der Waals surface area contributed by atoms with E-state index in [1.165, 1.54) is 0 Å². The maximum absolute atomic E-state index is 10.8. The Balaban J connectivity index is 2.80. The van der Waals surface area contributed by atoms with Crippen LogP contribution in [0, 0.1) is 11.8 Å². The van der Waals surface area contributed by atoms with Crippen molar-refractivity contribution in [1.29, 1.82) is 0 Å². The van der Waals surface area contributed by atoms with E-state index >= 15 is 0 Å². The summed E-state index contributed by atoms with van der Waals surface area (Å²) >= 11 is 6.67. The van der Waals surface area contributed by atoms with Gasteiger partial charge in [0.2, 0.25) is 0 Å². The number of hydrogen-bond acceptors (Lipinski definition) is 2. The summed E-state index contributed by atoms with van der Waals surface area (Å²) in [6.45, 7) is 0. The lowest BCUT2D eigenvalue weighted by Crippen LogP contribution is -2.40. The summed E-state index contributed by atoms with van der Waals surface area (Å²) in [5.41, 5.74) is 0. The molecule has 0 amide bonds. The first-order valence-corrected chi connectivity index (χ1v) is 6.00. The fourth-order valence-electron chi connectivity index (χ4n) is 1.65. The topological polar surface area (TPSA) is 74.6 Å². The van der Waals surface area contributed by atoms with Gasteiger partial charge in [-0.2, -0.15) is 0 Å². The average Bonchev–Trinajstić information content (AvgIpc) is 2.08. The quantitative estimate of drug-likeness (QED) is 0.756. The van der Waals surface area contributed by atoms with Gasteiger partial charge in [0.1, 0.15) is 0 Å². The second-order valence-corrected chi connectivity index (χ2v) is 5.75. The lowest BCUT2D eigenvalue weighted by molar-refractivity contribution is -0.155. The number of hydrogen-bond donors (Lipinski definition) is 2. The van der Waals surface area contributed by atoms with Crippen LogP contribution < -0.4 is 0 Å². The van der Waals surface area contributed by atoms with Gasteiger partial charge < -0.3 is 10.2 Å². The molecule has 1 aliphatic carbocycles. The van der Waals surface area contributed by atoms with Crippen LogP contribution in [0.25, 0.3) is 0 Å². The van der Waals surface area contributed by atoms with Crippen molar-refractivity contribution in [3.63, 3.8) is 0 Å². The molecule has 4 atom stereocenters. The number of aliphatic carboxylic acids is 2. The summed E-state index contributed by atoms with van der Waals surface area (Å²) in [7, 11) is 0. The Labute approximate surface area is 97.9 Å². The first-order valence-electron chi connectivity index (χ1n) is 4.17. The van der Waals surface area contributed by atoms with Gasteiger partial charge in [0.25, 0.3) is 0 Å². The number of carbonyl (C=O) groups is 2. The van der Waals surface area contributed by atoms with Crippen molar-refractivity contribution in [3.05, 3.63) is 0 Å². The molecule has 1 saturated carbocycles. The second-order valence-electron chi connectivity index (χ2n) is 3.39. The van der Waals surface area contributed by atoms with E-state index < -0.39 is 23.8 Å². The third-order valence-electron chi connectivity index (χ3n) is 2.47. The average molecular weight is 330 g/mol. The van der Waals surface area contributed by atoms with E-state index in [4.69, 9.17) is 10.2 Å². The lowest BCUT2D eigenvalue weighted by atomic mass is 9.79. The smallest absolute Gasteiger partial charge is 0.307 e. The van der Waals surface area contributed by atoms with E-state index in [0.29, 0.717) is 12.8 Å². The van der Waals surface area contributed by atoms with E-state index in [1.807, 2.05) is 0 Å². The fourth-order valence-corrected chi connectivity index (χ4v) is 2.89. The van der Waals surface area contributed by atoms with Gasteiger partial charge in [0.05, 0.1) is 11.8 Å². The third kappa shape index (κ3) is 2.48. The molecule has 1 fully saturated rings. The van der Waals surface area contributed by atoms with Crippen LogP contribution in [0.2, 0.25) is 0 Å². The Kier molecular flexibility index (Phi) is 3.94. The zero-order chi connectivity index (χ0) is 10.9. The van der Waals surface area contributed by atoms with Crippen LogP contribution >= 0.6 is 31.9 Å². The van der Waals surface area contributed by atoms with Crippen LogP contribution in [-0.2, 0) is 9.59 Å². The summed E-state index contributed by atoms with van der Waals surface area (Å²) in [5.74, 6) is -3.63. The van der Waals surface area contributed by atoms with Gasteiger partial charge in [-0.3, -0.25) is 9.59 Å². The molecule has 0 aromatic heterocycles. The maximum atomic E-state index is 10.8. The van der Waals surface area contributed by atoms with Crippen molar-refractivity contribution >= 4 is 43.8 Å². The molecule has 0 bridgehead atoms. The fraction of sp³-hybridized carbons (Fsp3) is 0.750. The second kappa shape index (κ2) is 4.61. The van der Waals surface area contributed by atoms with Crippen LogP contribution in [-0.4, -0.2) is 31.8 Å². The zero-order valence-electron chi connectivity index (χ0n) is 7.19. The molecule has 6 heteroatoms. The highest BCUT2D eigenvalue weighted by atomic mass is 79.9. The normalized spacial score (nSPS) is 37.9. The largest absolute Gasteiger partial charge is 0.481 e. The minimum absolute atomic E-state index is 0.0270. The number of carboxylic acid groups (broad SMARTS) is 2. The molecule has 0 radical (unpaired) electrons. The van der Waals surface area contributed by atoms with Gasteiger partial charge in [-0.25, -0.2) is 0 Å². The van der Waals surface area contributed by atoms with Crippen molar-refractivity contribution in [2.24, 2.45) is 11.8 Å². The monoisotopic (exact) mass is 328 g/mol. The molecule has 0 aliphatic heterocycles. The molecule has 0 spiro atoms. The van der Waals surface area contributed by atoms with Crippen LogP contribution in [0.3, 0.4) is 0 Å². The van der Waals surface area contributed by atoms with Crippen LogP contribution in [0.5, 0.6) is 0 Å². The highest BCUT2D eigenvalue weighted by Gasteiger charge is 2.42. The minimum Gasteiger partial charge on any atom is -0.481 e. The molecular weight excluding hydrogens is 320 g/mol. The summed E-state index contributed by atoms with van der Waals surface area (Å²) in [5, 5.41) is 17.7.